The van der Waals surface area contributed by atoms with Crippen LogP contribution in [0.2, 0.25) is 5.15 Å². The Morgan fingerprint density at radius 1 is 1.35 bits per heavy atom. The van der Waals surface area contributed by atoms with Crippen molar-refractivity contribution in [2.45, 2.75) is 43.9 Å². The number of nitrogens with zero attached hydrogens (tertiary/aromatic N) is 1. The predicted molar refractivity (Wildman–Crippen MR) is 91.0 cm³/mol. The van der Waals surface area contributed by atoms with Gasteiger partial charge in [-0.25, -0.2) is 0 Å². The molecule has 0 amide bonds. The normalized spacial score (nSPS) is 28.7. The summed E-state index contributed by atoms with van der Waals surface area (Å²) in [5.41, 5.74) is 1.49. The number of hydrogen-bond donors (Lipinski definition) is 0. The fourth-order valence-electron chi connectivity index (χ4n) is 4.88. The summed E-state index contributed by atoms with van der Waals surface area (Å²) in [6.45, 7) is 4.19. The second-order valence-corrected chi connectivity index (χ2v) is 7.90. The number of fused-ring (bicyclic) bond motifs is 3. The van der Waals surface area contributed by atoms with Crippen LogP contribution in [0.3, 0.4) is 0 Å². The van der Waals surface area contributed by atoms with Crippen molar-refractivity contribution in [1.29, 1.82) is 0 Å². The fraction of sp³-hybridized carbons (Fsp3) is 0.474. The summed E-state index contributed by atoms with van der Waals surface area (Å²) in [6.07, 6.45) is 3.21. The first-order chi connectivity index (χ1) is 10.9. The third kappa shape index (κ3) is 1.56. The Hall–Kier alpha value is -1.61. The molecule has 0 aliphatic heterocycles. The van der Waals surface area contributed by atoms with Gasteiger partial charge in [-0.15, -0.1) is 0 Å². The van der Waals surface area contributed by atoms with E-state index in [4.69, 9.17) is 11.6 Å². The maximum atomic E-state index is 13.3. The molecule has 1 fully saturated rings. The number of carbonyl (C=O) groups is 2. The van der Waals surface area contributed by atoms with Crippen LogP contribution in [-0.4, -0.2) is 16.6 Å². The van der Waals surface area contributed by atoms with Gasteiger partial charge in [-0.05, 0) is 24.5 Å². The van der Waals surface area contributed by atoms with Crippen LogP contribution in [0.15, 0.2) is 18.2 Å². The summed E-state index contributed by atoms with van der Waals surface area (Å²) in [4.78, 5) is 25.5. The van der Waals surface area contributed by atoms with Gasteiger partial charge in [0.2, 0.25) is 0 Å². The molecule has 0 radical (unpaired) electrons. The number of Topliss-reactive ketones (excluding diaryl/α,β-unsaturated/α-hetero) is 1. The van der Waals surface area contributed by atoms with Crippen LogP contribution in [0.4, 0.5) is 0 Å². The van der Waals surface area contributed by atoms with E-state index in [0.717, 1.165) is 41.2 Å². The molecule has 3 nitrogen and oxygen atoms in total. The Kier molecular flexibility index (Phi) is 2.91. The third-order valence-electron chi connectivity index (χ3n) is 6.17. The Morgan fingerprint density at radius 2 is 2.09 bits per heavy atom. The number of aryl methyl sites for hydroxylation is 1. The highest BCUT2D eigenvalue weighted by Gasteiger charge is 2.55. The molecule has 2 atom stereocenters. The van der Waals surface area contributed by atoms with Gasteiger partial charge in [0.05, 0.1) is 0 Å². The van der Waals surface area contributed by atoms with Crippen molar-refractivity contribution in [2.24, 2.45) is 13.0 Å². The molecule has 0 saturated heterocycles. The molecule has 120 valence electrons. The van der Waals surface area contributed by atoms with Crippen molar-refractivity contribution in [3.05, 3.63) is 34.5 Å². The second-order valence-electron chi connectivity index (χ2n) is 7.54. The molecule has 1 aromatic carbocycles. The van der Waals surface area contributed by atoms with Crippen molar-refractivity contribution in [3.8, 4) is 0 Å². The highest BCUT2D eigenvalue weighted by molar-refractivity contribution is 6.32. The van der Waals surface area contributed by atoms with Crippen molar-refractivity contribution in [1.82, 2.24) is 4.57 Å². The molecule has 1 heterocycles. The molecular weight excluding hydrogens is 310 g/mol. The molecule has 1 saturated carbocycles. The van der Waals surface area contributed by atoms with Gasteiger partial charge in [-0.1, -0.05) is 44.0 Å². The maximum absolute atomic E-state index is 13.3. The molecule has 2 aliphatic carbocycles. The van der Waals surface area contributed by atoms with Gasteiger partial charge in [-0.3, -0.25) is 4.79 Å². The predicted octanol–water partition coefficient (Wildman–Crippen LogP) is 3.93. The lowest BCUT2D eigenvalue weighted by Gasteiger charge is -2.40. The van der Waals surface area contributed by atoms with Crippen molar-refractivity contribution >= 4 is 34.6 Å². The molecular formula is C19H20ClNO2. The zero-order valence-corrected chi connectivity index (χ0v) is 14.4. The van der Waals surface area contributed by atoms with Gasteiger partial charge >= 0.3 is 0 Å². The highest BCUT2D eigenvalue weighted by atomic mass is 35.5. The van der Waals surface area contributed by atoms with Gasteiger partial charge in [-0.2, -0.15) is 0 Å². The Labute approximate surface area is 140 Å². The van der Waals surface area contributed by atoms with E-state index in [-0.39, 0.29) is 17.1 Å². The lowest BCUT2D eigenvalue weighted by atomic mass is 9.61. The summed E-state index contributed by atoms with van der Waals surface area (Å²) in [6, 6.07) is 5.89. The first-order valence-corrected chi connectivity index (χ1v) is 8.52. The topological polar surface area (TPSA) is 39.1 Å². The van der Waals surface area contributed by atoms with E-state index in [1.807, 2.05) is 29.8 Å². The van der Waals surface area contributed by atoms with E-state index in [1.165, 1.54) is 0 Å². The molecule has 2 aliphatic rings. The van der Waals surface area contributed by atoms with Crippen LogP contribution in [-0.2, 0) is 27.5 Å². The molecule has 0 N–H and O–H groups in total. The van der Waals surface area contributed by atoms with Crippen LogP contribution in [0.1, 0.15) is 44.2 Å². The summed E-state index contributed by atoms with van der Waals surface area (Å²) >= 11 is 6.69. The van der Waals surface area contributed by atoms with Crippen LogP contribution in [0, 0.1) is 5.92 Å². The quantitative estimate of drug-likeness (QED) is 0.587. The average Bonchev–Trinajstić information content (AvgIpc) is 2.78. The maximum Gasteiger partial charge on any atom is 0.154 e. The standard InChI is InChI=1S/C19H20ClNO2/c1-18(2)12-7-5-9-19(10-22,16(12)23)11-6-4-8-13-14(11)15(18)17(20)21(13)3/h4,6,8,10,12H,5,7,9H2,1-3H3/t12-,19+/m0/s1. The van der Waals surface area contributed by atoms with E-state index in [0.29, 0.717) is 11.6 Å². The zero-order chi connectivity index (χ0) is 16.6. The van der Waals surface area contributed by atoms with E-state index in [1.54, 1.807) is 0 Å². The zero-order valence-electron chi connectivity index (χ0n) is 13.6. The fourth-order valence-corrected chi connectivity index (χ4v) is 5.31. The monoisotopic (exact) mass is 329 g/mol. The minimum Gasteiger partial charge on any atom is -0.334 e. The average molecular weight is 330 g/mol. The van der Waals surface area contributed by atoms with Gasteiger partial charge in [0, 0.05) is 34.8 Å². The largest absolute Gasteiger partial charge is 0.334 e. The number of benzene rings is 1. The van der Waals surface area contributed by atoms with Crippen LogP contribution in [0.5, 0.6) is 0 Å². The number of aldehydes is 1. The first-order valence-electron chi connectivity index (χ1n) is 8.15. The smallest absolute Gasteiger partial charge is 0.154 e. The van der Waals surface area contributed by atoms with Gasteiger partial charge < -0.3 is 9.36 Å². The van der Waals surface area contributed by atoms with Gasteiger partial charge in [0.25, 0.3) is 0 Å². The summed E-state index contributed by atoms with van der Waals surface area (Å²) in [5.74, 6) is -0.0943. The van der Waals surface area contributed by atoms with Gasteiger partial charge in [0.1, 0.15) is 16.9 Å². The summed E-state index contributed by atoms with van der Waals surface area (Å²) < 4.78 is 1.97. The SMILES string of the molecule is Cn1c(Cl)c2c3c(cccc31)[C@]1(C=O)CCC[C@@H](C1=O)C2(C)C. The molecule has 2 bridgehead atoms. The number of halogens is 1. The van der Waals surface area contributed by atoms with E-state index in [9.17, 15) is 9.59 Å². The molecule has 4 heteroatoms. The van der Waals surface area contributed by atoms with E-state index < -0.39 is 5.41 Å². The molecule has 0 unspecified atom stereocenters. The lowest BCUT2D eigenvalue weighted by molar-refractivity contribution is -0.137. The number of ketones is 1. The van der Waals surface area contributed by atoms with Crippen LogP contribution < -0.4 is 0 Å². The van der Waals surface area contributed by atoms with Crippen LogP contribution >= 0.6 is 11.6 Å². The Bertz CT molecular complexity index is 864. The third-order valence-corrected chi connectivity index (χ3v) is 6.61. The lowest BCUT2D eigenvalue weighted by Crippen LogP contribution is -2.48. The second kappa shape index (κ2) is 4.47. The van der Waals surface area contributed by atoms with E-state index >= 15 is 0 Å². The minimum absolute atomic E-state index is 0.0752. The molecule has 23 heavy (non-hydrogen) atoms. The summed E-state index contributed by atoms with van der Waals surface area (Å²) in [7, 11) is 1.95. The number of hydrogen-bond acceptors (Lipinski definition) is 2. The molecule has 0 spiro atoms. The minimum atomic E-state index is -1.00. The molecule has 2 aromatic rings. The molecule has 4 rings (SSSR count). The Morgan fingerprint density at radius 3 is 2.78 bits per heavy atom. The molecule has 1 aromatic heterocycles. The number of rotatable bonds is 1. The Balaban J connectivity index is 2.26. The van der Waals surface area contributed by atoms with Gasteiger partial charge in [0.15, 0.2) is 5.78 Å². The van der Waals surface area contributed by atoms with Crippen molar-refractivity contribution < 1.29 is 9.59 Å². The van der Waals surface area contributed by atoms with Crippen molar-refractivity contribution in [3.63, 3.8) is 0 Å². The van der Waals surface area contributed by atoms with Crippen LogP contribution in [0.25, 0.3) is 10.9 Å². The number of carbonyl (C=O) groups excluding carboxylic acids is 2. The van der Waals surface area contributed by atoms with E-state index in [2.05, 4.69) is 13.8 Å². The first kappa shape index (κ1) is 14.9. The highest BCUT2D eigenvalue weighted by Crippen LogP contribution is 2.54. The summed E-state index contributed by atoms with van der Waals surface area (Å²) in [5, 5.41) is 1.69. The van der Waals surface area contributed by atoms with Crippen molar-refractivity contribution in [2.75, 3.05) is 0 Å². The number of aromatic nitrogens is 1.